The molecule has 1 aromatic heterocycles. The number of nitrogens with one attached hydrogen (secondary N) is 1. The molecule has 0 aliphatic carbocycles. The lowest BCUT2D eigenvalue weighted by Gasteiger charge is -2.18. The van der Waals surface area contributed by atoms with Crippen molar-refractivity contribution in [1.82, 2.24) is 9.78 Å². The molecular formula is C16H21N3O2. The van der Waals surface area contributed by atoms with Crippen LogP contribution in [0.1, 0.15) is 29.8 Å². The van der Waals surface area contributed by atoms with E-state index in [9.17, 15) is 4.79 Å². The molecule has 0 bridgehead atoms. The highest BCUT2D eigenvalue weighted by Crippen LogP contribution is 2.23. The zero-order valence-corrected chi connectivity index (χ0v) is 12.9. The minimum Gasteiger partial charge on any atom is -0.464 e. The van der Waals surface area contributed by atoms with Crippen molar-refractivity contribution in [1.29, 1.82) is 0 Å². The summed E-state index contributed by atoms with van der Waals surface area (Å²) >= 11 is 0. The van der Waals surface area contributed by atoms with E-state index in [2.05, 4.69) is 10.4 Å². The number of hydrogen-bond acceptors (Lipinski definition) is 4. The average Bonchev–Trinajstić information content (AvgIpc) is 2.75. The van der Waals surface area contributed by atoms with Crippen LogP contribution in [0.3, 0.4) is 0 Å². The van der Waals surface area contributed by atoms with Gasteiger partial charge in [0.2, 0.25) is 0 Å². The first-order valence-corrected chi connectivity index (χ1v) is 7.01. The molecule has 112 valence electrons. The molecule has 0 amide bonds. The molecule has 1 heterocycles. The van der Waals surface area contributed by atoms with Gasteiger partial charge >= 0.3 is 5.97 Å². The molecule has 0 aliphatic heterocycles. The third-order valence-corrected chi connectivity index (χ3v) is 3.21. The molecule has 0 fully saturated rings. The summed E-state index contributed by atoms with van der Waals surface area (Å²) in [4.78, 5) is 12.3. The van der Waals surface area contributed by atoms with E-state index in [1.807, 2.05) is 51.4 Å². The highest BCUT2D eigenvalue weighted by Gasteiger charge is 2.25. The minimum atomic E-state index is -0.555. The van der Waals surface area contributed by atoms with Crippen LogP contribution in [-0.4, -0.2) is 22.4 Å². The zero-order valence-electron chi connectivity index (χ0n) is 12.9. The first kappa shape index (κ1) is 15.1. The van der Waals surface area contributed by atoms with Gasteiger partial charge in [-0.2, -0.15) is 5.10 Å². The Balaban J connectivity index is 2.32. The topological polar surface area (TPSA) is 56.1 Å². The van der Waals surface area contributed by atoms with E-state index in [1.54, 1.807) is 11.6 Å². The number of ether oxygens (including phenoxy) is 1. The Morgan fingerprint density at radius 1 is 1.43 bits per heavy atom. The number of aryl methyl sites for hydroxylation is 3. The molecule has 5 heteroatoms. The number of rotatable bonds is 5. The first-order valence-electron chi connectivity index (χ1n) is 7.01. The summed E-state index contributed by atoms with van der Waals surface area (Å²) in [6.45, 7) is 6.06. The van der Waals surface area contributed by atoms with Gasteiger partial charge in [0.25, 0.3) is 0 Å². The number of hydrogen-bond donors (Lipinski definition) is 1. The Morgan fingerprint density at radius 3 is 2.76 bits per heavy atom. The van der Waals surface area contributed by atoms with Crippen molar-refractivity contribution < 1.29 is 9.53 Å². The summed E-state index contributed by atoms with van der Waals surface area (Å²) in [6.07, 6.45) is 1.85. The molecule has 0 radical (unpaired) electrons. The van der Waals surface area contributed by atoms with Gasteiger partial charge in [0, 0.05) is 24.5 Å². The lowest BCUT2D eigenvalue weighted by Crippen LogP contribution is -2.23. The maximum Gasteiger partial charge on any atom is 0.333 e. The van der Waals surface area contributed by atoms with Crippen molar-refractivity contribution in [3.63, 3.8) is 0 Å². The van der Waals surface area contributed by atoms with Crippen LogP contribution in [0, 0.1) is 13.8 Å². The fourth-order valence-corrected chi connectivity index (χ4v) is 2.29. The van der Waals surface area contributed by atoms with E-state index < -0.39 is 6.04 Å². The Hall–Kier alpha value is -2.30. The summed E-state index contributed by atoms with van der Waals surface area (Å²) in [7, 11) is 1.84. The Labute approximate surface area is 124 Å². The van der Waals surface area contributed by atoms with Gasteiger partial charge < -0.3 is 10.1 Å². The number of esters is 1. The molecule has 21 heavy (non-hydrogen) atoms. The van der Waals surface area contributed by atoms with Crippen LogP contribution in [-0.2, 0) is 16.6 Å². The second-order valence-electron chi connectivity index (χ2n) is 5.04. The SMILES string of the molecule is CCOC(=O)C(Nc1cccc(C)c1)c1cn(C)nc1C. The molecule has 2 aromatic rings. The van der Waals surface area contributed by atoms with Crippen molar-refractivity contribution in [2.24, 2.45) is 7.05 Å². The number of carbonyl (C=O) groups excluding carboxylic acids is 1. The maximum atomic E-state index is 12.3. The van der Waals surface area contributed by atoms with Crippen LogP contribution in [0.5, 0.6) is 0 Å². The van der Waals surface area contributed by atoms with Gasteiger partial charge in [-0.1, -0.05) is 12.1 Å². The van der Waals surface area contributed by atoms with Gasteiger partial charge in [0.15, 0.2) is 6.04 Å². The fourth-order valence-electron chi connectivity index (χ4n) is 2.29. The number of benzene rings is 1. The molecule has 0 saturated carbocycles. The molecule has 1 atom stereocenters. The van der Waals surface area contributed by atoms with Crippen molar-refractivity contribution in [2.45, 2.75) is 26.8 Å². The Kier molecular flexibility index (Phi) is 4.62. The summed E-state index contributed by atoms with van der Waals surface area (Å²) in [5.41, 5.74) is 3.66. The van der Waals surface area contributed by atoms with Crippen LogP contribution in [0.25, 0.3) is 0 Å². The van der Waals surface area contributed by atoms with Gasteiger partial charge in [-0.25, -0.2) is 4.79 Å². The third-order valence-electron chi connectivity index (χ3n) is 3.21. The van der Waals surface area contributed by atoms with Gasteiger partial charge in [0.1, 0.15) is 0 Å². The Bertz CT molecular complexity index is 634. The molecule has 0 aliphatic rings. The van der Waals surface area contributed by atoms with Gasteiger partial charge in [-0.3, -0.25) is 4.68 Å². The molecule has 0 spiro atoms. The van der Waals surface area contributed by atoms with E-state index in [0.29, 0.717) is 6.61 Å². The predicted octanol–water partition coefficient (Wildman–Crippen LogP) is 2.75. The summed E-state index contributed by atoms with van der Waals surface area (Å²) < 4.78 is 6.89. The molecule has 5 nitrogen and oxygen atoms in total. The van der Waals surface area contributed by atoms with Crippen molar-refractivity contribution in [2.75, 3.05) is 11.9 Å². The van der Waals surface area contributed by atoms with Crippen molar-refractivity contribution >= 4 is 11.7 Å². The lowest BCUT2D eigenvalue weighted by molar-refractivity contribution is -0.144. The van der Waals surface area contributed by atoms with Gasteiger partial charge in [0.05, 0.1) is 12.3 Å². The van der Waals surface area contributed by atoms with Crippen LogP contribution in [0.4, 0.5) is 5.69 Å². The largest absolute Gasteiger partial charge is 0.464 e. The van der Waals surface area contributed by atoms with Crippen LogP contribution in [0.2, 0.25) is 0 Å². The molecular weight excluding hydrogens is 266 g/mol. The normalized spacial score (nSPS) is 12.0. The predicted molar refractivity (Wildman–Crippen MR) is 82.1 cm³/mol. The van der Waals surface area contributed by atoms with E-state index in [4.69, 9.17) is 4.74 Å². The van der Waals surface area contributed by atoms with Crippen molar-refractivity contribution in [3.8, 4) is 0 Å². The van der Waals surface area contributed by atoms with Gasteiger partial charge in [-0.15, -0.1) is 0 Å². The summed E-state index contributed by atoms with van der Waals surface area (Å²) in [5, 5.41) is 7.55. The smallest absolute Gasteiger partial charge is 0.333 e. The number of anilines is 1. The van der Waals surface area contributed by atoms with Crippen molar-refractivity contribution in [3.05, 3.63) is 47.3 Å². The summed E-state index contributed by atoms with van der Waals surface area (Å²) in [6, 6.07) is 7.35. The Morgan fingerprint density at radius 2 is 2.19 bits per heavy atom. The quantitative estimate of drug-likeness (QED) is 0.859. The average molecular weight is 287 g/mol. The molecule has 0 saturated heterocycles. The number of nitrogens with zero attached hydrogens (tertiary/aromatic N) is 2. The minimum absolute atomic E-state index is 0.296. The first-order chi connectivity index (χ1) is 10.0. The summed E-state index contributed by atoms with van der Waals surface area (Å²) in [5.74, 6) is -0.296. The fraction of sp³-hybridized carbons (Fsp3) is 0.375. The van der Waals surface area contributed by atoms with E-state index in [0.717, 1.165) is 22.5 Å². The second-order valence-corrected chi connectivity index (χ2v) is 5.04. The zero-order chi connectivity index (χ0) is 15.4. The van der Waals surface area contributed by atoms with Crippen LogP contribution >= 0.6 is 0 Å². The van der Waals surface area contributed by atoms with Crippen LogP contribution in [0.15, 0.2) is 30.5 Å². The highest BCUT2D eigenvalue weighted by atomic mass is 16.5. The van der Waals surface area contributed by atoms with E-state index in [-0.39, 0.29) is 5.97 Å². The molecule has 1 unspecified atom stereocenters. The van der Waals surface area contributed by atoms with E-state index >= 15 is 0 Å². The maximum absolute atomic E-state index is 12.3. The number of carbonyl (C=O) groups is 1. The standard InChI is InChI=1S/C16H21N3O2/c1-5-21-16(20)15(14-10-19(4)18-12(14)3)17-13-8-6-7-11(2)9-13/h6-10,15,17H,5H2,1-4H3. The molecule has 2 rings (SSSR count). The molecule has 1 aromatic carbocycles. The van der Waals surface area contributed by atoms with Gasteiger partial charge in [-0.05, 0) is 38.5 Å². The van der Waals surface area contributed by atoms with Crippen LogP contribution < -0.4 is 5.32 Å². The third kappa shape index (κ3) is 3.62. The number of aromatic nitrogens is 2. The monoisotopic (exact) mass is 287 g/mol. The second kappa shape index (κ2) is 6.43. The molecule has 1 N–H and O–H groups in total. The highest BCUT2D eigenvalue weighted by molar-refractivity contribution is 5.81. The van der Waals surface area contributed by atoms with E-state index in [1.165, 1.54) is 0 Å². The lowest BCUT2D eigenvalue weighted by atomic mass is 10.1.